The second-order valence-corrected chi connectivity index (χ2v) is 6.01. The smallest absolute Gasteiger partial charge is 0.310 e. The summed E-state index contributed by atoms with van der Waals surface area (Å²) in [5, 5.41) is 0. The minimum Gasteiger partial charge on any atom is -0.460 e. The highest BCUT2D eigenvalue weighted by molar-refractivity contribution is 5.78. The van der Waals surface area contributed by atoms with Crippen LogP contribution in [0.1, 0.15) is 26.3 Å². The molecule has 0 amide bonds. The lowest BCUT2D eigenvalue weighted by molar-refractivity contribution is -0.147. The number of carbonyl (C=O) groups excluding carboxylic acids is 1. The van der Waals surface area contributed by atoms with Crippen molar-refractivity contribution in [3.05, 3.63) is 46.8 Å². The summed E-state index contributed by atoms with van der Waals surface area (Å²) in [6.07, 6.45) is 3.58. The normalized spacial score (nSPS) is 22.4. The van der Waals surface area contributed by atoms with Crippen LogP contribution in [0.2, 0.25) is 0 Å². The monoisotopic (exact) mass is 334 g/mol. The molecule has 0 N–H and O–H groups in total. The van der Waals surface area contributed by atoms with Crippen LogP contribution >= 0.6 is 0 Å². The van der Waals surface area contributed by atoms with E-state index in [0.29, 0.717) is 0 Å². The Morgan fingerprint density at radius 3 is 2.00 bits per heavy atom. The first kappa shape index (κ1) is 17.4. The molecule has 1 fully saturated rings. The molecule has 2 unspecified atom stereocenters. The molecule has 1 aromatic rings. The van der Waals surface area contributed by atoms with E-state index >= 15 is 0 Å². The van der Waals surface area contributed by atoms with Crippen LogP contribution in [0.25, 0.3) is 0 Å². The molecule has 0 radical (unpaired) electrons. The first-order valence-electron chi connectivity index (χ1n) is 6.94. The third kappa shape index (κ3) is 2.84. The first-order valence-corrected chi connectivity index (χ1v) is 6.94. The molecular formula is C16H15F5O2. The standard InChI is InChI=1S/C16H15F5O2/c1-4-5-8-9(16(8,2)3)15(22)23-6-7-10(17)12(19)14(21)13(20)11(7)18/h4-5,8-9H,6H2,1-3H3. The third-order valence-corrected chi connectivity index (χ3v) is 4.22. The average Bonchev–Trinajstić information content (AvgIpc) is 3.04. The van der Waals surface area contributed by atoms with E-state index in [1.54, 1.807) is 13.0 Å². The van der Waals surface area contributed by atoms with E-state index in [1.165, 1.54) is 0 Å². The molecule has 0 aliphatic heterocycles. The van der Waals surface area contributed by atoms with Crippen molar-refractivity contribution in [3.63, 3.8) is 0 Å². The van der Waals surface area contributed by atoms with Gasteiger partial charge in [-0.15, -0.1) is 0 Å². The van der Waals surface area contributed by atoms with Crippen molar-refractivity contribution in [1.29, 1.82) is 0 Å². The van der Waals surface area contributed by atoms with E-state index in [0.717, 1.165) is 0 Å². The Bertz CT molecular complexity index is 653. The Balaban J connectivity index is 2.15. The summed E-state index contributed by atoms with van der Waals surface area (Å²) in [5.41, 5.74) is -1.53. The number of hydrogen-bond donors (Lipinski definition) is 0. The number of hydrogen-bond acceptors (Lipinski definition) is 2. The molecule has 23 heavy (non-hydrogen) atoms. The molecule has 0 aromatic heterocycles. The summed E-state index contributed by atoms with van der Waals surface area (Å²) >= 11 is 0. The van der Waals surface area contributed by atoms with E-state index in [-0.39, 0.29) is 11.3 Å². The number of halogens is 5. The van der Waals surface area contributed by atoms with Crippen LogP contribution in [-0.4, -0.2) is 5.97 Å². The maximum Gasteiger partial charge on any atom is 0.310 e. The number of rotatable bonds is 4. The van der Waals surface area contributed by atoms with E-state index in [9.17, 15) is 26.7 Å². The van der Waals surface area contributed by atoms with Crippen LogP contribution in [-0.2, 0) is 16.1 Å². The van der Waals surface area contributed by atoms with Gasteiger partial charge in [-0.2, -0.15) is 0 Å². The molecule has 1 saturated carbocycles. The molecule has 126 valence electrons. The van der Waals surface area contributed by atoms with Crippen LogP contribution in [0.15, 0.2) is 12.2 Å². The van der Waals surface area contributed by atoms with E-state index in [2.05, 4.69) is 0 Å². The van der Waals surface area contributed by atoms with Crippen molar-refractivity contribution in [2.45, 2.75) is 27.4 Å². The number of allylic oxidation sites excluding steroid dienone is 2. The van der Waals surface area contributed by atoms with E-state index in [4.69, 9.17) is 4.74 Å². The van der Waals surface area contributed by atoms with Gasteiger partial charge in [-0.05, 0) is 18.3 Å². The summed E-state index contributed by atoms with van der Waals surface area (Å²) in [7, 11) is 0. The maximum absolute atomic E-state index is 13.5. The zero-order chi connectivity index (χ0) is 17.5. The molecule has 1 aromatic carbocycles. The summed E-state index contributed by atoms with van der Waals surface area (Å²) in [5.74, 6) is -11.7. The predicted octanol–water partition coefficient (Wildman–Crippen LogP) is 4.27. The quantitative estimate of drug-likeness (QED) is 0.270. The van der Waals surface area contributed by atoms with Gasteiger partial charge in [-0.25, -0.2) is 22.0 Å². The van der Waals surface area contributed by atoms with Crippen molar-refractivity contribution >= 4 is 5.97 Å². The number of ether oxygens (including phenoxy) is 1. The summed E-state index contributed by atoms with van der Waals surface area (Å²) < 4.78 is 70.8. The molecule has 0 spiro atoms. The third-order valence-electron chi connectivity index (χ3n) is 4.22. The second kappa shape index (κ2) is 5.94. The van der Waals surface area contributed by atoms with Gasteiger partial charge < -0.3 is 4.74 Å². The van der Waals surface area contributed by atoms with Crippen molar-refractivity contribution in [2.24, 2.45) is 17.3 Å². The lowest BCUT2D eigenvalue weighted by Gasteiger charge is -2.09. The average molecular weight is 334 g/mol. The van der Waals surface area contributed by atoms with E-state index < -0.39 is 53.1 Å². The molecule has 2 atom stereocenters. The SMILES string of the molecule is CC=CC1C(C(=O)OCc2c(F)c(F)c(F)c(F)c2F)C1(C)C. The van der Waals surface area contributed by atoms with Gasteiger partial charge in [0.1, 0.15) is 6.61 Å². The molecule has 2 rings (SSSR count). The van der Waals surface area contributed by atoms with Crippen LogP contribution in [0.4, 0.5) is 22.0 Å². The molecule has 0 heterocycles. The van der Waals surface area contributed by atoms with Crippen LogP contribution in [0, 0.1) is 46.3 Å². The van der Waals surface area contributed by atoms with Gasteiger partial charge in [0.15, 0.2) is 23.3 Å². The molecule has 1 aliphatic carbocycles. The Morgan fingerprint density at radius 1 is 1.04 bits per heavy atom. The van der Waals surface area contributed by atoms with E-state index in [1.807, 2.05) is 19.9 Å². The number of benzene rings is 1. The fourth-order valence-corrected chi connectivity index (χ4v) is 2.70. The zero-order valence-corrected chi connectivity index (χ0v) is 12.7. The summed E-state index contributed by atoms with van der Waals surface area (Å²) in [6, 6.07) is 0. The van der Waals surface area contributed by atoms with Gasteiger partial charge in [-0.1, -0.05) is 26.0 Å². The summed E-state index contributed by atoms with van der Waals surface area (Å²) in [4.78, 5) is 12.0. The number of esters is 1. The predicted molar refractivity (Wildman–Crippen MR) is 71.6 cm³/mol. The summed E-state index contributed by atoms with van der Waals surface area (Å²) in [6.45, 7) is 4.41. The zero-order valence-electron chi connectivity index (χ0n) is 12.7. The highest BCUT2D eigenvalue weighted by Gasteiger charge is 2.61. The van der Waals surface area contributed by atoms with Gasteiger partial charge in [0.25, 0.3) is 0 Å². The minimum atomic E-state index is -2.24. The van der Waals surface area contributed by atoms with Gasteiger partial charge in [-0.3, -0.25) is 4.79 Å². The lowest BCUT2D eigenvalue weighted by atomic mass is 10.1. The van der Waals surface area contributed by atoms with Crippen molar-refractivity contribution in [2.75, 3.05) is 0 Å². The molecule has 1 aliphatic rings. The fourth-order valence-electron chi connectivity index (χ4n) is 2.70. The van der Waals surface area contributed by atoms with Gasteiger partial charge in [0.2, 0.25) is 5.82 Å². The Labute approximate surface area is 129 Å². The molecular weight excluding hydrogens is 319 g/mol. The van der Waals surface area contributed by atoms with Crippen LogP contribution in [0.5, 0.6) is 0 Å². The lowest BCUT2D eigenvalue weighted by Crippen LogP contribution is -2.14. The minimum absolute atomic E-state index is 0.0867. The maximum atomic E-state index is 13.5. The van der Waals surface area contributed by atoms with Gasteiger partial charge >= 0.3 is 5.97 Å². The molecule has 0 saturated heterocycles. The molecule has 2 nitrogen and oxygen atoms in total. The van der Waals surface area contributed by atoms with Crippen LogP contribution < -0.4 is 0 Å². The van der Waals surface area contributed by atoms with Crippen molar-refractivity contribution in [1.82, 2.24) is 0 Å². The largest absolute Gasteiger partial charge is 0.460 e. The molecule has 0 bridgehead atoms. The highest BCUT2D eigenvalue weighted by atomic mass is 19.2. The second-order valence-electron chi connectivity index (χ2n) is 6.01. The Kier molecular flexibility index (Phi) is 4.50. The highest BCUT2D eigenvalue weighted by Crippen LogP contribution is 2.59. The fraction of sp³-hybridized carbons (Fsp3) is 0.438. The van der Waals surface area contributed by atoms with Crippen molar-refractivity contribution in [3.8, 4) is 0 Å². The Hall–Kier alpha value is -1.92. The van der Waals surface area contributed by atoms with Crippen molar-refractivity contribution < 1.29 is 31.5 Å². The van der Waals surface area contributed by atoms with Gasteiger partial charge in [0.05, 0.1) is 11.5 Å². The Morgan fingerprint density at radius 2 is 1.52 bits per heavy atom. The number of carbonyl (C=O) groups is 1. The molecule has 7 heteroatoms. The van der Waals surface area contributed by atoms with Gasteiger partial charge in [0, 0.05) is 0 Å². The first-order chi connectivity index (χ1) is 10.6. The topological polar surface area (TPSA) is 26.3 Å². The van der Waals surface area contributed by atoms with Crippen LogP contribution in [0.3, 0.4) is 0 Å².